The number of carbonyl (C=O) groups excluding carboxylic acids is 1. The molecule has 0 unspecified atom stereocenters. The molecule has 2 aliphatic carbocycles. The third-order valence-corrected chi connectivity index (χ3v) is 6.79. The Balaban J connectivity index is 1.25. The molecule has 5 heteroatoms. The van der Waals surface area contributed by atoms with Crippen LogP contribution >= 0.6 is 0 Å². The van der Waals surface area contributed by atoms with Crippen LogP contribution in [0.5, 0.6) is 0 Å². The molecule has 0 fully saturated rings. The molecule has 33 heavy (non-hydrogen) atoms. The molecule has 0 spiro atoms. The first-order valence-electron chi connectivity index (χ1n) is 11.5. The van der Waals surface area contributed by atoms with Crippen molar-refractivity contribution in [1.29, 1.82) is 0 Å². The Morgan fingerprint density at radius 3 is 2.21 bits per heavy atom. The molecular formula is C28H27NO4. The van der Waals surface area contributed by atoms with Crippen LogP contribution in [0.4, 0.5) is 4.79 Å². The standard InChI is InChI=1S/C28H27NO4/c30-27(31)26(16-18-13-14-19-7-1-2-8-20(19)15-18)29-28(32)33-17-25-23-11-5-3-9-21(23)22-10-4-6-12-24(22)25/h3-6,9-15,25-26H,1-2,7-8,16-17H2,(H,29,32)(H,30,31)/t26-/m0/s1. The molecular weight excluding hydrogens is 414 g/mol. The molecule has 1 amide bonds. The summed E-state index contributed by atoms with van der Waals surface area (Å²) >= 11 is 0. The summed E-state index contributed by atoms with van der Waals surface area (Å²) < 4.78 is 5.54. The summed E-state index contributed by atoms with van der Waals surface area (Å²) in [5.74, 6) is -1.13. The fourth-order valence-corrected chi connectivity index (χ4v) is 5.13. The number of aliphatic carboxylic acids is 1. The summed E-state index contributed by atoms with van der Waals surface area (Å²) in [5.41, 5.74) is 8.11. The molecule has 0 heterocycles. The van der Waals surface area contributed by atoms with Gasteiger partial charge in [-0.05, 0) is 64.6 Å². The molecule has 3 aromatic rings. The number of alkyl carbamates (subject to hydrolysis) is 1. The molecule has 1 atom stereocenters. The van der Waals surface area contributed by atoms with Gasteiger partial charge in [-0.2, -0.15) is 0 Å². The van der Waals surface area contributed by atoms with E-state index in [4.69, 9.17) is 4.74 Å². The lowest BCUT2D eigenvalue weighted by atomic mass is 9.89. The number of carboxylic acid groups (broad SMARTS) is 1. The Hall–Kier alpha value is -3.60. The second kappa shape index (κ2) is 9.10. The van der Waals surface area contributed by atoms with Crippen LogP contribution in [-0.4, -0.2) is 29.8 Å². The van der Waals surface area contributed by atoms with Crippen molar-refractivity contribution < 1.29 is 19.4 Å². The Bertz CT molecular complexity index is 1160. The summed E-state index contributed by atoms with van der Waals surface area (Å²) in [6, 6.07) is 21.3. The Kier molecular flexibility index (Phi) is 5.86. The topological polar surface area (TPSA) is 75.6 Å². The summed E-state index contributed by atoms with van der Waals surface area (Å²) in [6.45, 7) is 0.158. The van der Waals surface area contributed by atoms with Gasteiger partial charge in [0.1, 0.15) is 12.6 Å². The van der Waals surface area contributed by atoms with Gasteiger partial charge in [0.25, 0.3) is 0 Å². The van der Waals surface area contributed by atoms with E-state index in [1.54, 1.807) is 0 Å². The van der Waals surface area contributed by atoms with Crippen LogP contribution in [0.1, 0.15) is 46.6 Å². The van der Waals surface area contributed by atoms with Gasteiger partial charge in [-0.3, -0.25) is 0 Å². The summed E-state index contributed by atoms with van der Waals surface area (Å²) in [6.07, 6.45) is 4.00. The largest absolute Gasteiger partial charge is 0.480 e. The van der Waals surface area contributed by atoms with Crippen molar-refractivity contribution in [3.05, 3.63) is 94.5 Å². The minimum atomic E-state index is -1.07. The molecule has 2 N–H and O–H groups in total. The quantitative estimate of drug-likeness (QED) is 0.558. The van der Waals surface area contributed by atoms with Gasteiger partial charge >= 0.3 is 12.1 Å². The maximum Gasteiger partial charge on any atom is 0.407 e. The lowest BCUT2D eigenvalue weighted by Gasteiger charge is -2.19. The highest BCUT2D eigenvalue weighted by Gasteiger charge is 2.30. The predicted octanol–water partition coefficient (Wildman–Crippen LogP) is 5.10. The fraction of sp³-hybridized carbons (Fsp3) is 0.286. The highest BCUT2D eigenvalue weighted by molar-refractivity contribution is 5.81. The molecule has 0 saturated heterocycles. The Labute approximate surface area is 193 Å². The molecule has 0 aliphatic heterocycles. The van der Waals surface area contributed by atoms with E-state index in [9.17, 15) is 14.7 Å². The van der Waals surface area contributed by atoms with Crippen LogP contribution in [0.25, 0.3) is 11.1 Å². The van der Waals surface area contributed by atoms with Crippen molar-refractivity contribution in [2.45, 2.75) is 44.1 Å². The van der Waals surface area contributed by atoms with Gasteiger partial charge in [-0.1, -0.05) is 66.7 Å². The van der Waals surface area contributed by atoms with Gasteiger partial charge in [0, 0.05) is 12.3 Å². The molecule has 5 rings (SSSR count). The number of hydrogen-bond donors (Lipinski definition) is 2. The maximum atomic E-state index is 12.6. The molecule has 0 aromatic heterocycles. The first-order valence-corrected chi connectivity index (χ1v) is 11.5. The zero-order valence-corrected chi connectivity index (χ0v) is 18.4. The van der Waals surface area contributed by atoms with Crippen molar-refractivity contribution in [2.24, 2.45) is 0 Å². The zero-order valence-electron chi connectivity index (χ0n) is 18.4. The van der Waals surface area contributed by atoms with E-state index in [2.05, 4.69) is 41.7 Å². The van der Waals surface area contributed by atoms with Crippen LogP contribution < -0.4 is 5.32 Å². The van der Waals surface area contributed by atoms with Gasteiger partial charge in [-0.15, -0.1) is 0 Å². The lowest BCUT2D eigenvalue weighted by molar-refractivity contribution is -0.139. The number of nitrogens with one attached hydrogen (secondary N) is 1. The molecule has 168 valence electrons. The number of hydrogen-bond acceptors (Lipinski definition) is 3. The van der Waals surface area contributed by atoms with Crippen molar-refractivity contribution >= 4 is 12.1 Å². The summed E-state index contributed by atoms with van der Waals surface area (Å²) in [5, 5.41) is 12.2. The number of carbonyl (C=O) groups is 2. The molecule has 2 aliphatic rings. The van der Waals surface area contributed by atoms with E-state index in [0.717, 1.165) is 47.1 Å². The van der Waals surface area contributed by atoms with Crippen LogP contribution in [0.15, 0.2) is 66.7 Å². The number of fused-ring (bicyclic) bond motifs is 4. The highest BCUT2D eigenvalue weighted by atomic mass is 16.5. The average Bonchev–Trinajstić information content (AvgIpc) is 3.16. The normalized spacial score (nSPS) is 15.2. The second-order valence-corrected chi connectivity index (χ2v) is 8.88. The second-order valence-electron chi connectivity index (χ2n) is 8.88. The van der Waals surface area contributed by atoms with Gasteiger partial charge in [0.15, 0.2) is 0 Å². The summed E-state index contributed by atoms with van der Waals surface area (Å²) in [4.78, 5) is 24.4. The Morgan fingerprint density at radius 2 is 1.55 bits per heavy atom. The monoisotopic (exact) mass is 441 g/mol. The molecule has 0 saturated carbocycles. The first kappa shape index (κ1) is 21.3. The van der Waals surface area contributed by atoms with E-state index in [0.29, 0.717) is 0 Å². The zero-order chi connectivity index (χ0) is 22.8. The Morgan fingerprint density at radius 1 is 0.909 bits per heavy atom. The van der Waals surface area contributed by atoms with Crippen molar-refractivity contribution in [3.63, 3.8) is 0 Å². The van der Waals surface area contributed by atoms with E-state index in [1.165, 1.54) is 17.5 Å². The molecule has 0 radical (unpaired) electrons. The number of benzene rings is 3. The van der Waals surface area contributed by atoms with Gasteiger partial charge in [0.05, 0.1) is 0 Å². The van der Waals surface area contributed by atoms with Crippen LogP contribution in [0.2, 0.25) is 0 Å². The minimum absolute atomic E-state index is 0.0629. The van der Waals surface area contributed by atoms with Crippen LogP contribution in [0.3, 0.4) is 0 Å². The fourth-order valence-electron chi connectivity index (χ4n) is 5.13. The maximum absolute atomic E-state index is 12.6. The molecule has 3 aromatic carbocycles. The molecule has 0 bridgehead atoms. The van der Waals surface area contributed by atoms with Crippen molar-refractivity contribution in [3.8, 4) is 11.1 Å². The van der Waals surface area contributed by atoms with Crippen molar-refractivity contribution in [1.82, 2.24) is 5.32 Å². The van der Waals surface area contributed by atoms with Gasteiger partial charge < -0.3 is 15.2 Å². The third-order valence-electron chi connectivity index (χ3n) is 6.79. The van der Waals surface area contributed by atoms with E-state index in [-0.39, 0.29) is 18.9 Å². The average molecular weight is 442 g/mol. The van der Waals surface area contributed by atoms with Gasteiger partial charge in [-0.25, -0.2) is 9.59 Å². The van der Waals surface area contributed by atoms with Crippen LogP contribution in [-0.2, 0) is 28.8 Å². The number of ether oxygens (including phenoxy) is 1. The first-order chi connectivity index (χ1) is 16.1. The summed E-state index contributed by atoms with van der Waals surface area (Å²) in [7, 11) is 0. The number of amides is 1. The minimum Gasteiger partial charge on any atom is -0.480 e. The van der Waals surface area contributed by atoms with Crippen molar-refractivity contribution in [2.75, 3.05) is 6.61 Å². The highest BCUT2D eigenvalue weighted by Crippen LogP contribution is 2.44. The predicted molar refractivity (Wildman–Crippen MR) is 126 cm³/mol. The lowest BCUT2D eigenvalue weighted by Crippen LogP contribution is -2.43. The van der Waals surface area contributed by atoms with E-state index in [1.807, 2.05) is 30.3 Å². The van der Waals surface area contributed by atoms with E-state index < -0.39 is 18.1 Å². The number of aryl methyl sites for hydroxylation is 2. The van der Waals surface area contributed by atoms with Gasteiger partial charge in [0.2, 0.25) is 0 Å². The number of carboxylic acids is 1. The van der Waals surface area contributed by atoms with Crippen LogP contribution in [0, 0.1) is 0 Å². The smallest absolute Gasteiger partial charge is 0.407 e. The van der Waals surface area contributed by atoms with E-state index >= 15 is 0 Å². The SMILES string of the molecule is O=C(N[C@@H](Cc1ccc2c(c1)CCCC2)C(=O)O)OCC1c2ccccc2-c2ccccc21. The molecule has 5 nitrogen and oxygen atoms in total. The number of rotatable bonds is 6. The third kappa shape index (κ3) is 4.36.